The normalized spacial score (nSPS) is 11.9. The van der Waals surface area contributed by atoms with Crippen LogP contribution in [-0.2, 0) is 17.1 Å². The van der Waals surface area contributed by atoms with Gasteiger partial charge in [-0.05, 0) is 59.0 Å². The number of carbonyl (C=O) groups excluding carboxylic acids is 1. The first-order chi connectivity index (χ1) is 17.5. The number of hydrogen-bond acceptors (Lipinski definition) is 2. The molecule has 37 heavy (non-hydrogen) atoms. The van der Waals surface area contributed by atoms with E-state index in [2.05, 4.69) is 0 Å². The lowest BCUT2D eigenvalue weighted by molar-refractivity contribution is -0.138. The predicted octanol–water partition coefficient (Wildman–Crippen LogP) is 8.90. The van der Waals surface area contributed by atoms with E-state index in [1.54, 1.807) is 49.4 Å². The first kappa shape index (κ1) is 26.0. The van der Waals surface area contributed by atoms with Crippen molar-refractivity contribution in [2.75, 3.05) is 6.61 Å². The summed E-state index contributed by atoms with van der Waals surface area (Å²) >= 11 is 0. The summed E-state index contributed by atoms with van der Waals surface area (Å²) < 4.78 is 84.1. The number of esters is 1. The lowest BCUT2D eigenvalue weighted by atomic mass is 9.85. The Morgan fingerprint density at radius 2 is 1.08 bits per heavy atom. The van der Waals surface area contributed by atoms with Crippen LogP contribution in [0.5, 0.6) is 0 Å². The van der Waals surface area contributed by atoms with Gasteiger partial charge in [0.15, 0.2) is 0 Å². The fourth-order valence-corrected chi connectivity index (χ4v) is 4.08. The van der Waals surface area contributed by atoms with E-state index in [4.69, 9.17) is 4.74 Å². The van der Waals surface area contributed by atoms with E-state index in [1.165, 1.54) is 24.3 Å². The molecule has 190 valence electrons. The molecule has 0 N–H and O–H groups in total. The van der Waals surface area contributed by atoms with Crippen LogP contribution in [0.1, 0.15) is 28.4 Å². The van der Waals surface area contributed by atoms with Gasteiger partial charge in [0.1, 0.15) is 0 Å². The van der Waals surface area contributed by atoms with Gasteiger partial charge in [-0.2, -0.15) is 26.3 Å². The number of rotatable bonds is 5. The maximum atomic E-state index is 13.3. The van der Waals surface area contributed by atoms with Crippen molar-refractivity contribution in [1.82, 2.24) is 0 Å². The van der Waals surface area contributed by atoms with Crippen molar-refractivity contribution in [2.24, 2.45) is 0 Å². The highest BCUT2D eigenvalue weighted by molar-refractivity contribution is 6.08. The van der Waals surface area contributed by atoms with Crippen LogP contribution in [0.2, 0.25) is 0 Å². The summed E-state index contributed by atoms with van der Waals surface area (Å²) in [6, 6.07) is 20.9. The highest BCUT2D eigenvalue weighted by Gasteiger charge is 2.32. The van der Waals surface area contributed by atoms with Crippen molar-refractivity contribution in [3.05, 3.63) is 108 Å². The van der Waals surface area contributed by atoms with Gasteiger partial charge in [-0.25, -0.2) is 4.79 Å². The first-order valence-electron chi connectivity index (χ1n) is 11.3. The van der Waals surface area contributed by atoms with Crippen molar-refractivity contribution in [2.45, 2.75) is 19.3 Å². The van der Waals surface area contributed by atoms with E-state index < -0.39 is 29.4 Å². The summed E-state index contributed by atoms with van der Waals surface area (Å²) in [4.78, 5) is 13.3. The average Bonchev–Trinajstić information content (AvgIpc) is 2.87. The van der Waals surface area contributed by atoms with Crippen molar-refractivity contribution in [3.8, 4) is 33.4 Å². The zero-order chi connectivity index (χ0) is 26.8. The minimum Gasteiger partial charge on any atom is -0.462 e. The van der Waals surface area contributed by atoms with Gasteiger partial charge in [0.2, 0.25) is 0 Å². The van der Waals surface area contributed by atoms with Gasteiger partial charge in [-0.3, -0.25) is 0 Å². The second kappa shape index (κ2) is 10.1. The smallest absolute Gasteiger partial charge is 0.416 e. The Morgan fingerprint density at radius 1 is 0.622 bits per heavy atom. The Labute approximate surface area is 209 Å². The summed E-state index contributed by atoms with van der Waals surface area (Å²) in [5.41, 5.74) is 1.03. The zero-order valence-corrected chi connectivity index (χ0v) is 19.5. The third kappa shape index (κ3) is 5.53. The minimum absolute atomic E-state index is 0.0457. The lowest BCUT2D eigenvalue weighted by Gasteiger charge is -2.19. The summed E-state index contributed by atoms with van der Waals surface area (Å²) in [6.45, 7) is 1.67. The Balaban J connectivity index is 1.99. The number of halogens is 6. The summed E-state index contributed by atoms with van der Waals surface area (Å²) in [5, 5.41) is 0. The quantitative estimate of drug-likeness (QED) is 0.196. The molecule has 4 aromatic carbocycles. The van der Waals surface area contributed by atoms with Crippen LogP contribution in [0, 0.1) is 0 Å². The van der Waals surface area contributed by atoms with E-state index in [0.29, 0.717) is 33.4 Å². The Morgan fingerprint density at radius 3 is 1.54 bits per heavy atom. The summed E-state index contributed by atoms with van der Waals surface area (Å²) in [6.07, 6.45) is -9.03. The molecule has 0 amide bonds. The Hall–Kier alpha value is -4.07. The third-order valence-corrected chi connectivity index (χ3v) is 5.79. The van der Waals surface area contributed by atoms with E-state index in [-0.39, 0.29) is 12.2 Å². The van der Waals surface area contributed by atoms with Crippen molar-refractivity contribution in [1.29, 1.82) is 0 Å². The molecule has 0 fully saturated rings. The number of carbonyl (C=O) groups is 1. The molecule has 0 saturated carbocycles. The molecule has 0 unspecified atom stereocenters. The van der Waals surface area contributed by atoms with Crippen molar-refractivity contribution >= 4 is 5.97 Å². The molecule has 0 aliphatic rings. The molecule has 0 aliphatic carbocycles. The van der Waals surface area contributed by atoms with Gasteiger partial charge >= 0.3 is 18.3 Å². The first-order valence-corrected chi connectivity index (χ1v) is 11.3. The van der Waals surface area contributed by atoms with Gasteiger partial charge in [0, 0.05) is 5.56 Å². The van der Waals surface area contributed by atoms with Crippen LogP contribution >= 0.6 is 0 Å². The van der Waals surface area contributed by atoms with Crippen LogP contribution in [0.3, 0.4) is 0 Å². The Kier molecular flexibility index (Phi) is 7.12. The van der Waals surface area contributed by atoms with Crippen molar-refractivity contribution < 1.29 is 35.9 Å². The second-order valence-electron chi connectivity index (χ2n) is 8.15. The predicted molar refractivity (Wildman–Crippen MR) is 129 cm³/mol. The molecule has 0 heterocycles. The van der Waals surface area contributed by atoms with Crippen molar-refractivity contribution in [3.63, 3.8) is 0 Å². The van der Waals surface area contributed by atoms with Crippen LogP contribution in [0.4, 0.5) is 26.3 Å². The molecule has 4 aromatic rings. The molecule has 0 aliphatic heterocycles. The zero-order valence-electron chi connectivity index (χ0n) is 19.5. The maximum Gasteiger partial charge on any atom is 0.416 e. The van der Waals surface area contributed by atoms with E-state index in [1.807, 2.05) is 0 Å². The van der Waals surface area contributed by atoms with Gasteiger partial charge in [0.25, 0.3) is 0 Å². The molecule has 0 bridgehead atoms. The fraction of sp³-hybridized carbons (Fsp3) is 0.138. The lowest BCUT2D eigenvalue weighted by Crippen LogP contribution is -2.10. The monoisotopic (exact) mass is 514 g/mol. The third-order valence-electron chi connectivity index (χ3n) is 5.79. The molecular formula is C29H20F6O2. The summed E-state index contributed by atoms with van der Waals surface area (Å²) in [7, 11) is 0. The molecule has 8 heteroatoms. The molecule has 0 radical (unpaired) electrons. The number of alkyl halides is 6. The Bertz CT molecular complexity index is 1390. The van der Waals surface area contributed by atoms with E-state index >= 15 is 0 Å². The van der Waals surface area contributed by atoms with Gasteiger partial charge in [0.05, 0.1) is 23.3 Å². The maximum absolute atomic E-state index is 13.3. The minimum atomic E-state index is -4.52. The molecule has 0 spiro atoms. The van der Waals surface area contributed by atoms with E-state index in [0.717, 1.165) is 24.3 Å². The molecule has 4 rings (SSSR count). The number of ether oxygens (including phenoxy) is 1. The molecule has 2 nitrogen and oxygen atoms in total. The summed E-state index contributed by atoms with van der Waals surface area (Å²) in [5.74, 6) is -0.704. The topological polar surface area (TPSA) is 26.3 Å². The number of hydrogen-bond donors (Lipinski definition) is 0. The van der Waals surface area contributed by atoms with Crippen LogP contribution < -0.4 is 0 Å². The van der Waals surface area contributed by atoms with Crippen LogP contribution in [0.15, 0.2) is 91.0 Å². The standard InChI is InChI=1S/C29H20F6O2/c1-2-37-27(36)26-24(19-10-14-22(15-11-19)29(33,34)35)17-16-23(25(26)20-6-4-3-5-7-20)18-8-12-21(13-9-18)28(30,31)32/h3-17H,2H2,1H3. The van der Waals surface area contributed by atoms with Gasteiger partial charge < -0.3 is 4.74 Å². The molecule has 0 saturated heterocycles. The van der Waals surface area contributed by atoms with Crippen LogP contribution in [-0.4, -0.2) is 12.6 Å². The SMILES string of the molecule is CCOC(=O)c1c(-c2ccc(C(F)(F)F)cc2)ccc(-c2ccc(C(F)(F)F)cc2)c1-c1ccccc1. The van der Waals surface area contributed by atoms with Crippen LogP contribution in [0.25, 0.3) is 33.4 Å². The second-order valence-corrected chi connectivity index (χ2v) is 8.15. The average molecular weight is 514 g/mol. The van der Waals surface area contributed by atoms with Gasteiger partial charge in [-0.15, -0.1) is 0 Å². The molecule has 0 aromatic heterocycles. The molecule has 0 atom stereocenters. The molecular weight excluding hydrogens is 494 g/mol. The fourth-order valence-electron chi connectivity index (χ4n) is 4.08. The largest absolute Gasteiger partial charge is 0.462 e. The van der Waals surface area contributed by atoms with Gasteiger partial charge in [-0.1, -0.05) is 66.7 Å². The van der Waals surface area contributed by atoms with E-state index in [9.17, 15) is 31.1 Å². The highest BCUT2D eigenvalue weighted by Crippen LogP contribution is 2.42. The number of benzene rings is 4. The highest BCUT2D eigenvalue weighted by atomic mass is 19.4.